The van der Waals surface area contributed by atoms with Gasteiger partial charge >= 0.3 is 0 Å². The van der Waals surface area contributed by atoms with E-state index in [1.807, 2.05) is 6.07 Å². The summed E-state index contributed by atoms with van der Waals surface area (Å²) in [6.07, 6.45) is 1.08. The lowest BCUT2D eigenvalue weighted by Crippen LogP contribution is -2.47. The molecule has 0 saturated carbocycles. The second-order valence-corrected chi connectivity index (χ2v) is 4.79. The van der Waals surface area contributed by atoms with Crippen LogP contribution in [-0.2, 0) is 4.74 Å². The zero-order valence-corrected chi connectivity index (χ0v) is 10.8. The molecule has 0 aromatic heterocycles. The van der Waals surface area contributed by atoms with Gasteiger partial charge in [0.1, 0.15) is 5.82 Å². The topological polar surface area (TPSA) is 38.5 Å². The van der Waals surface area contributed by atoms with Gasteiger partial charge in [-0.05, 0) is 30.7 Å². The number of ether oxygens (including phenoxy) is 1. The quantitative estimate of drug-likeness (QED) is 0.890. The van der Waals surface area contributed by atoms with Crippen molar-refractivity contribution in [2.75, 3.05) is 26.2 Å². The molecule has 1 aliphatic rings. The number of nitrogens with two attached hydrogens (primary N) is 1. The number of nitrogens with zero attached hydrogens (tertiary/aromatic N) is 1. The third-order valence-electron chi connectivity index (χ3n) is 3.35. The highest BCUT2D eigenvalue weighted by atomic mass is 19.1. The number of morpholine rings is 1. The molecule has 0 aliphatic carbocycles. The van der Waals surface area contributed by atoms with Crippen LogP contribution in [0.5, 0.6) is 0 Å². The second-order valence-electron chi connectivity index (χ2n) is 4.79. The Labute approximate surface area is 108 Å². The molecule has 1 aromatic rings. The number of hydrogen-bond donors (Lipinski definition) is 1. The number of halogens is 1. The molecule has 1 aromatic carbocycles. The van der Waals surface area contributed by atoms with E-state index in [1.54, 1.807) is 6.07 Å². The fraction of sp³-hybridized carbons (Fsp3) is 0.571. The van der Waals surface area contributed by atoms with Crippen LogP contribution in [0.1, 0.15) is 24.9 Å². The molecule has 2 N–H and O–H groups in total. The molecular weight excluding hydrogens is 231 g/mol. The van der Waals surface area contributed by atoms with Crippen LogP contribution in [0.3, 0.4) is 0 Å². The summed E-state index contributed by atoms with van der Waals surface area (Å²) < 4.78 is 18.9. The van der Waals surface area contributed by atoms with Gasteiger partial charge in [-0.3, -0.25) is 4.90 Å². The molecular formula is C14H21FN2O. The molecule has 2 rings (SSSR count). The summed E-state index contributed by atoms with van der Waals surface area (Å²) in [7, 11) is 0. The van der Waals surface area contributed by atoms with Gasteiger partial charge in [0.15, 0.2) is 0 Å². The molecule has 1 aliphatic heterocycles. The average Bonchev–Trinajstić information content (AvgIpc) is 2.39. The van der Waals surface area contributed by atoms with Crippen molar-refractivity contribution in [3.63, 3.8) is 0 Å². The first kappa shape index (κ1) is 13.5. The van der Waals surface area contributed by atoms with E-state index >= 15 is 0 Å². The zero-order valence-electron chi connectivity index (χ0n) is 10.8. The van der Waals surface area contributed by atoms with Gasteiger partial charge in [-0.25, -0.2) is 4.39 Å². The van der Waals surface area contributed by atoms with Crippen molar-refractivity contribution in [1.29, 1.82) is 0 Å². The van der Waals surface area contributed by atoms with E-state index in [4.69, 9.17) is 10.5 Å². The largest absolute Gasteiger partial charge is 0.374 e. The first-order valence-electron chi connectivity index (χ1n) is 6.55. The number of rotatable bonds is 4. The van der Waals surface area contributed by atoms with Gasteiger partial charge in [-0.2, -0.15) is 0 Å². The second kappa shape index (κ2) is 6.27. The van der Waals surface area contributed by atoms with Crippen LogP contribution in [0.15, 0.2) is 24.3 Å². The highest BCUT2D eigenvalue weighted by Gasteiger charge is 2.26. The Bertz CT molecular complexity index is 384. The van der Waals surface area contributed by atoms with Crippen molar-refractivity contribution in [1.82, 2.24) is 4.90 Å². The maximum Gasteiger partial charge on any atom is 0.123 e. The normalized spacial score (nSPS) is 22.9. The molecule has 0 bridgehead atoms. The molecule has 2 unspecified atom stereocenters. The number of benzene rings is 1. The summed E-state index contributed by atoms with van der Waals surface area (Å²) in [4.78, 5) is 2.35. The van der Waals surface area contributed by atoms with E-state index in [1.165, 1.54) is 12.1 Å². The molecule has 0 radical (unpaired) electrons. The van der Waals surface area contributed by atoms with Crippen molar-refractivity contribution in [2.45, 2.75) is 25.5 Å². The molecule has 0 amide bonds. The summed E-state index contributed by atoms with van der Waals surface area (Å²) in [6.45, 7) is 5.71. The van der Waals surface area contributed by atoms with E-state index in [0.717, 1.165) is 31.6 Å². The van der Waals surface area contributed by atoms with E-state index in [2.05, 4.69) is 11.8 Å². The van der Waals surface area contributed by atoms with Gasteiger partial charge in [0.05, 0.1) is 18.8 Å². The highest BCUT2D eigenvalue weighted by Crippen LogP contribution is 2.21. The fourth-order valence-electron chi connectivity index (χ4n) is 2.40. The molecule has 0 spiro atoms. The van der Waals surface area contributed by atoms with Crippen molar-refractivity contribution in [3.8, 4) is 0 Å². The van der Waals surface area contributed by atoms with Crippen LogP contribution in [0.2, 0.25) is 0 Å². The smallest absolute Gasteiger partial charge is 0.123 e. The molecule has 18 heavy (non-hydrogen) atoms. The lowest BCUT2D eigenvalue weighted by Gasteiger charge is -2.35. The monoisotopic (exact) mass is 252 g/mol. The van der Waals surface area contributed by atoms with Gasteiger partial charge in [-0.15, -0.1) is 0 Å². The lowest BCUT2D eigenvalue weighted by atomic mass is 10.0. The minimum absolute atomic E-state index is 0.0490. The van der Waals surface area contributed by atoms with Crippen LogP contribution >= 0.6 is 0 Å². The third kappa shape index (κ3) is 3.28. The minimum Gasteiger partial charge on any atom is -0.374 e. The van der Waals surface area contributed by atoms with E-state index in [0.29, 0.717) is 6.61 Å². The highest BCUT2D eigenvalue weighted by molar-refractivity contribution is 5.21. The lowest BCUT2D eigenvalue weighted by molar-refractivity contribution is -0.0408. The minimum atomic E-state index is -0.264. The molecule has 1 fully saturated rings. The predicted octanol–water partition coefficient (Wildman–Crippen LogP) is 1.94. The standard InChI is InChI=1S/C14H21FN2O/c1-2-6-17-7-8-18-13(10-17)14(16)11-4-3-5-12(15)9-11/h3-5,9,13-14H,2,6-8,10,16H2,1H3. The number of hydrogen-bond acceptors (Lipinski definition) is 3. The SMILES string of the molecule is CCCN1CCOC(C(N)c2cccc(F)c2)C1. The van der Waals surface area contributed by atoms with Crippen LogP contribution < -0.4 is 5.73 Å². The molecule has 2 atom stereocenters. The van der Waals surface area contributed by atoms with Gasteiger partial charge in [-0.1, -0.05) is 19.1 Å². The van der Waals surface area contributed by atoms with E-state index in [-0.39, 0.29) is 18.0 Å². The van der Waals surface area contributed by atoms with E-state index in [9.17, 15) is 4.39 Å². The summed E-state index contributed by atoms with van der Waals surface area (Å²) in [6, 6.07) is 6.21. The first-order chi connectivity index (χ1) is 8.70. The molecule has 3 nitrogen and oxygen atoms in total. The molecule has 100 valence electrons. The predicted molar refractivity (Wildman–Crippen MR) is 69.8 cm³/mol. The van der Waals surface area contributed by atoms with Crippen molar-refractivity contribution < 1.29 is 9.13 Å². The Hall–Kier alpha value is -0.970. The van der Waals surface area contributed by atoms with Crippen molar-refractivity contribution in [2.24, 2.45) is 5.73 Å². The maximum atomic E-state index is 13.2. The Morgan fingerprint density at radius 2 is 2.39 bits per heavy atom. The van der Waals surface area contributed by atoms with Crippen LogP contribution in [0.4, 0.5) is 4.39 Å². The Morgan fingerprint density at radius 3 is 3.11 bits per heavy atom. The molecule has 1 heterocycles. The summed E-state index contributed by atoms with van der Waals surface area (Å²) >= 11 is 0. The summed E-state index contributed by atoms with van der Waals surface area (Å²) in [5.41, 5.74) is 6.98. The van der Waals surface area contributed by atoms with Gasteiger partial charge in [0, 0.05) is 13.1 Å². The van der Waals surface area contributed by atoms with Crippen molar-refractivity contribution in [3.05, 3.63) is 35.6 Å². The van der Waals surface area contributed by atoms with Crippen molar-refractivity contribution >= 4 is 0 Å². The third-order valence-corrected chi connectivity index (χ3v) is 3.35. The molecule has 4 heteroatoms. The Kier molecular flexibility index (Phi) is 4.69. The van der Waals surface area contributed by atoms with Gasteiger partial charge in [0.2, 0.25) is 0 Å². The summed E-state index contributed by atoms with van der Waals surface area (Å²) in [5.74, 6) is -0.246. The maximum absolute atomic E-state index is 13.2. The first-order valence-corrected chi connectivity index (χ1v) is 6.55. The van der Waals surface area contributed by atoms with Crippen LogP contribution in [0.25, 0.3) is 0 Å². The summed E-state index contributed by atoms with van der Waals surface area (Å²) in [5, 5.41) is 0. The van der Waals surface area contributed by atoms with Gasteiger partial charge < -0.3 is 10.5 Å². The molecule has 1 saturated heterocycles. The van der Waals surface area contributed by atoms with Crippen LogP contribution in [0, 0.1) is 5.82 Å². The van der Waals surface area contributed by atoms with Crippen LogP contribution in [-0.4, -0.2) is 37.2 Å². The zero-order chi connectivity index (χ0) is 13.0. The Balaban J connectivity index is 2.02. The fourth-order valence-corrected chi connectivity index (χ4v) is 2.40. The average molecular weight is 252 g/mol. The van der Waals surface area contributed by atoms with Gasteiger partial charge in [0.25, 0.3) is 0 Å². The Morgan fingerprint density at radius 1 is 1.56 bits per heavy atom. The van der Waals surface area contributed by atoms with E-state index < -0.39 is 0 Å².